The number of nitrogens with zero attached hydrogens (tertiary/aromatic N) is 1. The molecule has 0 aliphatic carbocycles. The fourth-order valence-electron chi connectivity index (χ4n) is 3.04. The summed E-state index contributed by atoms with van der Waals surface area (Å²) in [4.78, 5) is 14.5. The Labute approximate surface area is 146 Å². The standard InChI is InChI=1S/C17H26BrN3O2/c1-12(13-3-5-14(18)6-4-13)20-17(22)11-21-8-7-16(23-2)9-15(21)10-19/h3-6,12,15-16H,7-11,19H2,1-2H3,(H,20,22). The van der Waals surface area contributed by atoms with E-state index >= 15 is 0 Å². The van der Waals surface area contributed by atoms with Crippen LogP contribution in [0.1, 0.15) is 31.4 Å². The van der Waals surface area contributed by atoms with Crippen molar-refractivity contribution in [2.24, 2.45) is 5.73 Å². The van der Waals surface area contributed by atoms with E-state index in [1.807, 2.05) is 31.2 Å². The van der Waals surface area contributed by atoms with Crippen molar-refractivity contribution in [2.45, 2.75) is 38.0 Å². The Morgan fingerprint density at radius 2 is 2.17 bits per heavy atom. The number of methoxy groups -OCH3 is 1. The van der Waals surface area contributed by atoms with Crippen LogP contribution in [0.15, 0.2) is 28.7 Å². The molecule has 1 aliphatic rings. The zero-order valence-electron chi connectivity index (χ0n) is 13.8. The van der Waals surface area contributed by atoms with Crippen LogP contribution in [0, 0.1) is 0 Å². The van der Waals surface area contributed by atoms with E-state index in [9.17, 15) is 4.79 Å². The van der Waals surface area contributed by atoms with E-state index in [4.69, 9.17) is 10.5 Å². The fourth-order valence-corrected chi connectivity index (χ4v) is 3.30. The summed E-state index contributed by atoms with van der Waals surface area (Å²) in [5, 5.41) is 3.06. The third-order valence-corrected chi connectivity index (χ3v) is 5.02. The highest BCUT2D eigenvalue weighted by molar-refractivity contribution is 9.10. The van der Waals surface area contributed by atoms with E-state index < -0.39 is 0 Å². The van der Waals surface area contributed by atoms with Crippen molar-refractivity contribution in [1.29, 1.82) is 0 Å². The average molecular weight is 384 g/mol. The zero-order chi connectivity index (χ0) is 16.8. The molecule has 1 fully saturated rings. The Hall–Kier alpha value is -0.950. The van der Waals surface area contributed by atoms with Gasteiger partial charge in [0.05, 0.1) is 18.7 Å². The molecular formula is C17H26BrN3O2. The number of halogens is 1. The summed E-state index contributed by atoms with van der Waals surface area (Å²) in [7, 11) is 1.74. The van der Waals surface area contributed by atoms with Crippen LogP contribution >= 0.6 is 15.9 Å². The van der Waals surface area contributed by atoms with Crippen molar-refractivity contribution in [3.8, 4) is 0 Å². The first-order chi connectivity index (χ1) is 11.0. The average Bonchev–Trinajstić information content (AvgIpc) is 2.55. The van der Waals surface area contributed by atoms with E-state index in [0.29, 0.717) is 13.1 Å². The third-order valence-electron chi connectivity index (χ3n) is 4.49. The number of carbonyl (C=O) groups is 1. The minimum absolute atomic E-state index is 0.0107. The molecule has 23 heavy (non-hydrogen) atoms. The van der Waals surface area contributed by atoms with Gasteiger partial charge in [-0.2, -0.15) is 0 Å². The lowest BCUT2D eigenvalue weighted by Gasteiger charge is -2.38. The number of nitrogens with one attached hydrogen (secondary N) is 1. The maximum Gasteiger partial charge on any atom is 0.234 e. The molecule has 1 aromatic carbocycles. The van der Waals surface area contributed by atoms with Crippen LogP contribution in [0.2, 0.25) is 0 Å². The number of rotatable bonds is 6. The molecule has 5 nitrogen and oxygen atoms in total. The number of ether oxygens (including phenoxy) is 1. The van der Waals surface area contributed by atoms with Crippen molar-refractivity contribution in [3.05, 3.63) is 34.3 Å². The smallest absolute Gasteiger partial charge is 0.234 e. The molecule has 1 heterocycles. The lowest BCUT2D eigenvalue weighted by atomic mass is 9.99. The maximum absolute atomic E-state index is 12.3. The first-order valence-corrected chi connectivity index (χ1v) is 8.84. The van der Waals surface area contributed by atoms with Gasteiger partial charge >= 0.3 is 0 Å². The van der Waals surface area contributed by atoms with Crippen LogP contribution in [-0.2, 0) is 9.53 Å². The summed E-state index contributed by atoms with van der Waals surface area (Å²) in [6.45, 7) is 3.79. The molecule has 128 valence electrons. The summed E-state index contributed by atoms with van der Waals surface area (Å²) in [6, 6.07) is 8.20. The molecule has 0 saturated carbocycles. The molecule has 3 atom stereocenters. The number of piperidine rings is 1. The summed E-state index contributed by atoms with van der Waals surface area (Å²) in [5.41, 5.74) is 6.95. The van der Waals surface area contributed by atoms with E-state index in [-0.39, 0.29) is 24.1 Å². The topological polar surface area (TPSA) is 67.6 Å². The number of nitrogens with two attached hydrogens (primary N) is 1. The summed E-state index contributed by atoms with van der Waals surface area (Å²) < 4.78 is 6.46. The molecule has 2 rings (SSSR count). The predicted octanol–water partition coefficient (Wildman–Crippen LogP) is 2.06. The number of amides is 1. The van der Waals surface area contributed by atoms with Crippen LogP contribution in [0.3, 0.4) is 0 Å². The van der Waals surface area contributed by atoms with Gasteiger partial charge in [0, 0.05) is 30.7 Å². The highest BCUT2D eigenvalue weighted by Crippen LogP contribution is 2.19. The lowest BCUT2D eigenvalue weighted by molar-refractivity contribution is -0.124. The second kappa shape index (κ2) is 8.78. The molecule has 1 aromatic rings. The first-order valence-electron chi connectivity index (χ1n) is 8.05. The van der Waals surface area contributed by atoms with E-state index in [0.717, 1.165) is 29.4 Å². The number of carbonyl (C=O) groups excluding carboxylic acids is 1. The highest BCUT2D eigenvalue weighted by atomic mass is 79.9. The minimum atomic E-state index is -0.0107. The second-order valence-electron chi connectivity index (χ2n) is 6.08. The van der Waals surface area contributed by atoms with Gasteiger partial charge in [0.25, 0.3) is 0 Å². The normalized spacial score (nSPS) is 23.5. The molecule has 0 spiro atoms. The molecule has 0 aromatic heterocycles. The van der Waals surface area contributed by atoms with E-state index in [1.54, 1.807) is 7.11 Å². The maximum atomic E-state index is 12.3. The van der Waals surface area contributed by atoms with Gasteiger partial charge in [-0.05, 0) is 37.5 Å². The molecule has 1 aliphatic heterocycles. The van der Waals surface area contributed by atoms with E-state index in [2.05, 4.69) is 26.1 Å². The summed E-state index contributed by atoms with van der Waals surface area (Å²) in [6.07, 6.45) is 2.09. The minimum Gasteiger partial charge on any atom is -0.381 e. The Balaban J connectivity index is 1.87. The largest absolute Gasteiger partial charge is 0.381 e. The van der Waals surface area contributed by atoms with Gasteiger partial charge in [0.1, 0.15) is 0 Å². The van der Waals surface area contributed by atoms with Crippen molar-refractivity contribution < 1.29 is 9.53 Å². The van der Waals surface area contributed by atoms with Crippen LogP contribution in [0.4, 0.5) is 0 Å². The Morgan fingerprint density at radius 3 is 2.78 bits per heavy atom. The van der Waals surface area contributed by atoms with Gasteiger partial charge in [0.15, 0.2) is 0 Å². The summed E-state index contributed by atoms with van der Waals surface area (Å²) >= 11 is 3.42. The fraction of sp³-hybridized carbons (Fsp3) is 0.588. The van der Waals surface area contributed by atoms with E-state index in [1.165, 1.54) is 0 Å². The number of hydrogen-bond acceptors (Lipinski definition) is 4. The van der Waals surface area contributed by atoms with Crippen LogP contribution in [0.5, 0.6) is 0 Å². The Morgan fingerprint density at radius 1 is 1.48 bits per heavy atom. The Bertz CT molecular complexity index is 509. The first kappa shape index (κ1) is 18.4. The second-order valence-corrected chi connectivity index (χ2v) is 7.00. The summed E-state index contributed by atoms with van der Waals surface area (Å²) in [5.74, 6) is 0.0368. The van der Waals surface area contributed by atoms with Gasteiger partial charge in [-0.3, -0.25) is 9.69 Å². The third kappa shape index (κ3) is 5.28. The molecule has 1 saturated heterocycles. The molecular weight excluding hydrogens is 358 g/mol. The number of hydrogen-bond donors (Lipinski definition) is 2. The van der Waals surface area contributed by atoms with Crippen LogP contribution in [-0.4, -0.2) is 49.7 Å². The van der Waals surface area contributed by atoms with Gasteiger partial charge in [-0.15, -0.1) is 0 Å². The van der Waals surface area contributed by atoms with Crippen LogP contribution < -0.4 is 11.1 Å². The van der Waals surface area contributed by atoms with Crippen molar-refractivity contribution in [2.75, 3.05) is 26.7 Å². The molecule has 0 radical (unpaired) electrons. The van der Waals surface area contributed by atoms with Crippen molar-refractivity contribution in [3.63, 3.8) is 0 Å². The monoisotopic (exact) mass is 383 g/mol. The number of likely N-dealkylation sites (tertiary alicyclic amines) is 1. The van der Waals surface area contributed by atoms with Gasteiger partial charge in [-0.1, -0.05) is 28.1 Å². The predicted molar refractivity (Wildman–Crippen MR) is 95.1 cm³/mol. The zero-order valence-corrected chi connectivity index (χ0v) is 15.4. The van der Waals surface area contributed by atoms with Crippen molar-refractivity contribution >= 4 is 21.8 Å². The van der Waals surface area contributed by atoms with Crippen molar-refractivity contribution in [1.82, 2.24) is 10.2 Å². The molecule has 3 unspecified atom stereocenters. The lowest BCUT2D eigenvalue weighted by Crippen LogP contribution is -2.51. The molecule has 6 heteroatoms. The molecule has 1 amide bonds. The van der Waals surface area contributed by atoms with Gasteiger partial charge in [0.2, 0.25) is 5.91 Å². The Kier molecular flexibility index (Phi) is 7.02. The van der Waals surface area contributed by atoms with Gasteiger partial charge < -0.3 is 15.8 Å². The van der Waals surface area contributed by atoms with Crippen LogP contribution in [0.25, 0.3) is 0 Å². The SMILES string of the molecule is COC1CCN(CC(=O)NC(C)c2ccc(Br)cc2)C(CN)C1. The van der Waals surface area contributed by atoms with Gasteiger partial charge in [-0.25, -0.2) is 0 Å². The molecule has 3 N–H and O–H groups in total. The number of benzene rings is 1. The quantitative estimate of drug-likeness (QED) is 0.788. The highest BCUT2D eigenvalue weighted by Gasteiger charge is 2.28. The molecule has 0 bridgehead atoms.